The van der Waals surface area contributed by atoms with Crippen LogP contribution in [0.15, 0.2) is 71.1 Å². The molecular weight excluding hydrogens is 474 g/mol. The number of nitrogens with zero attached hydrogens (tertiary/aromatic N) is 3. The van der Waals surface area contributed by atoms with Gasteiger partial charge in [-0.25, -0.2) is 18.2 Å². The van der Waals surface area contributed by atoms with E-state index in [0.717, 1.165) is 21.0 Å². The van der Waals surface area contributed by atoms with Gasteiger partial charge in [0.05, 0.1) is 26.2 Å². The van der Waals surface area contributed by atoms with Crippen LogP contribution in [-0.2, 0) is 19.6 Å². The van der Waals surface area contributed by atoms with E-state index in [1.165, 1.54) is 20.5 Å². The van der Waals surface area contributed by atoms with E-state index in [4.69, 9.17) is 4.74 Å². The van der Waals surface area contributed by atoms with Crippen molar-refractivity contribution in [2.45, 2.75) is 4.90 Å². The molecule has 34 heavy (non-hydrogen) atoms. The third kappa shape index (κ3) is 4.39. The molecule has 0 aliphatic carbocycles. The first kappa shape index (κ1) is 22.5. The molecule has 0 unspecified atom stereocenters. The Morgan fingerprint density at radius 2 is 1.71 bits per heavy atom. The number of carbonyl (C=O) groups is 2. The predicted molar refractivity (Wildman–Crippen MR) is 129 cm³/mol. The summed E-state index contributed by atoms with van der Waals surface area (Å²) in [4.78, 5) is 30.8. The predicted octanol–water partition coefficient (Wildman–Crippen LogP) is 3.14. The fourth-order valence-corrected chi connectivity index (χ4v) is 6.11. The Bertz CT molecular complexity index is 1490. The summed E-state index contributed by atoms with van der Waals surface area (Å²) in [6.07, 6.45) is 0. The normalized spacial score (nSPS) is 15.0. The number of rotatable bonds is 5. The summed E-state index contributed by atoms with van der Waals surface area (Å²) in [7, 11) is -3.67. The van der Waals surface area contributed by atoms with Crippen LogP contribution in [0.1, 0.15) is 10.4 Å². The lowest BCUT2D eigenvalue weighted by Gasteiger charge is -2.33. The highest BCUT2D eigenvalue weighted by Gasteiger charge is 2.30. The van der Waals surface area contributed by atoms with Crippen LogP contribution in [0.2, 0.25) is 0 Å². The fourth-order valence-electron chi connectivity index (χ4n) is 3.94. The number of hydrogen-bond acceptors (Lipinski definition) is 7. The zero-order chi connectivity index (χ0) is 23.7. The van der Waals surface area contributed by atoms with E-state index < -0.39 is 22.6 Å². The molecule has 0 saturated carbocycles. The first-order valence-electron chi connectivity index (χ1n) is 10.7. The summed E-state index contributed by atoms with van der Waals surface area (Å²) >= 11 is 1.42. The van der Waals surface area contributed by atoms with Crippen molar-refractivity contribution in [2.75, 3.05) is 32.8 Å². The van der Waals surface area contributed by atoms with Crippen molar-refractivity contribution < 1.29 is 22.7 Å². The molecule has 10 heteroatoms. The molecule has 3 aromatic carbocycles. The second kappa shape index (κ2) is 9.13. The summed E-state index contributed by atoms with van der Waals surface area (Å²) in [5.41, 5.74) is 2.85. The van der Waals surface area contributed by atoms with E-state index >= 15 is 0 Å². The average Bonchev–Trinajstić information content (AvgIpc) is 3.35. The van der Waals surface area contributed by atoms with Crippen LogP contribution < -0.4 is 0 Å². The van der Waals surface area contributed by atoms with Crippen LogP contribution in [0.4, 0.5) is 0 Å². The molecule has 174 valence electrons. The van der Waals surface area contributed by atoms with Gasteiger partial charge in [0.2, 0.25) is 10.0 Å². The Hall–Kier alpha value is -3.34. The summed E-state index contributed by atoms with van der Waals surface area (Å²) in [6, 6.07) is 17.7. The number of carbonyl (C=O) groups excluding carboxylic acids is 2. The van der Waals surface area contributed by atoms with Gasteiger partial charge in [-0.05, 0) is 41.1 Å². The van der Waals surface area contributed by atoms with Gasteiger partial charge in [0.25, 0.3) is 5.91 Å². The quantitative estimate of drug-likeness (QED) is 0.395. The molecule has 1 aromatic heterocycles. The van der Waals surface area contributed by atoms with Gasteiger partial charge < -0.3 is 9.64 Å². The number of sulfonamides is 1. The third-order valence-electron chi connectivity index (χ3n) is 5.84. The van der Waals surface area contributed by atoms with Crippen LogP contribution in [-0.4, -0.2) is 67.3 Å². The number of ether oxygens (including phenoxy) is 1. The SMILES string of the molecule is O=C(OCC(=O)N1CCN(S(=O)(=O)c2ccc3ccccc3c2)CC1)c1ccc2ncsc2c1. The van der Waals surface area contributed by atoms with Crippen LogP contribution >= 0.6 is 11.3 Å². The maximum atomic E-state index is 13.1. The summed E-state index contributed by atoms with van der Waals surface area (Å²) in [5, 5.41) is 1.83. The average molecular weight is 496 g/mol. The molecule has 0 atom stereocenters. The summed E-state index contributed by atoms with van der Waals surface area (Å²) in [5.74, 6) is -0.934. The number of esters is 1. The van der Waals surface area contributed by atoms with Crippen molar-refractivity contribution >= 4 is 54.2 Å². The van der Waals surface area contributed by atoms with Gasteiger partial charge in [-0.15, -0.1) is 11.3 Å². The molecule has 1 fully saturated rings. The van der Waals surface area contributed by atoms with E-state index in [2.05, 4.69) is 4.98 Å². The number of thiazole rings is 1. The van der Waals surface area contributed by atoms with Gasteiger partial charge in [0.1, 0.15) is 0 Å². The van der Waals surface area contributed by atoms with Crippen molar-refractivity contribution in [3.05, 3.63) is 71.7 Å². The highest BCUT2D eigenvalue weighted by atomic mass is 32.2. The largest absolute Gasteiger partial charge is 0.452 e. The number of benzene rings is 3. The van der Waals surface area contributed by atoms with E-state index in [0.29, 0.717) is 5.56 Å². The molecular formula is C24H21N3O5S2. The van der Waals surface area contributed by atoms with Gasteiger partial charge in [-0.2, -0.15) is 4.31 Å². The molecule has 1 saturated heterocycles. The van der Waals surface area contributed by atoms with E-state index in [1.807, 2.05) is 24.3 Å². The van der Waals surface area contributed by atoms with Crippen molar-refractivity contribution in [1.29, 1.82) is 0 Å². The van der Waals surface area contributed by atoms with E-state index in [1.54, 1.807) is 41.9 Å². The van der Waals surface area contributed by atoms with Crippen molar-refractivity contribution in [3.8, 4) is 0 Å². The van der Waals surface area contributed by atoms with Crippen LogP contribution in [0.3, 0.4) is 0 Å². The summed E-state index contributed by atoms with van der Waals surface area (Å²) in [6.45, 7) is 0.427. The lowest BCUT2D eigenvalue weighted by atomic mass is 10.1. The highest BCUT2D eigenvalue weighted by molar-refractivity contribution is 7.89. The minimum Gasteiger partial charge on any atom is -0.452 e. The molecule has 0 bridgehead atoms. The zero-order valence-electron chi connectivity index (χ0n) is 18.1. The van der Waals surface area contributed by atoms with Crippen LogP contribution in [0, 0.1) is 0 Å². The maximum absolute atomic E-state index is 13.1. The van der Waals surface area contributed by atoms with Gasteiger partial charge in [0.15, 0.2) is 6.61 Å². The molecule has 0 radical (unpaired) electrons. The van der Waals surface area contributed by atoms with Gasteiger partial charge in [-0.3, -0.25) is 4.79 Å². The maximum Gasteiger partial charge on any atom is 0.338 e. The lowest BCUT2D eigenvalue weighted by molar-refractivity contribution is -0.135. The van der Waals surface area contributed by atoms with Crippen molar-refractivity contribution in [1.82, 2.24) is 14.2 Å². The second-order valence-corrected chi connectivity index (χ2v) is 10.7. The molecule has 8 nitrogen and oxygen atoms in total. The molecule has 1 amide bonds. The topological polar surface area (TPSA) is 96.9 Å². The molecule has 4 aromatic rings. The van der Waals surface area contributed by atoms with Crippen LogP contribution in [0.25, 0.3) is 21.0 Å². The Labute approximate surface area is 200 Å². The van der Waals surface area contributed by atoms with Gasteiger partial charge >= 0.3 is 5.97 Å². The highest BCUT2D eigenvalue weighted by Crippen LogP contribution is 2.23. The Balaban J connectivity index is 1.17. The van der Waals surface area contributed by atoms with Gasteiger partial charge in [-0.1, -0.05) is 30.3 Å². The van der Waals surface area contributed by atoms with Gasteiger partial charge in [0, 0.05) is 26.2 Å². The van der Waals surface area contributed by atoms with Crippen molar-refractivity contribution in [2.24, 2.45) is 0 Å². The first-order chi connectivity index (χ1) is 16.4. The van der Waals surface area contributed by atoms with Crippen molar-refractivity contribution in [3.63, 3.8) is 0 Å². The molecule has 1 aliphatic heterocycles. The Morgan fingerprint density at radius 3 is 2.50 bits per heavy atom. The molecule has 0 spiro atoms. The molecule has 0 N–H and O–H groups in total. The molecule has 2 heterocycles. The van der Waals surface area contributed by atoms with E-state index in [-0.39, 0.29) is 37.0 Å². The Kier molecular flexibility index (Phi) is 6.03. The third-order valence-corrected chi connectivity index (χ3v) is 8.53. The van der Waals surface area contributed by atoms with Crippen LogP contribution in [0.5, 0.6) is 0 Å². The van der Waals surface area contributed by atoms with E-state index in [9.17, 15) is 18.0 Å². The minimum atomic E-state index is -3.67. The second-order valence-electron chi connectivity index (χ2n) is 7.90. The number of piperazine rings is 1. The number of fused-ring (bicyclic) bond motifs is 2. The first-order valence-corrected chi connectivity index (χ1v) is 13.0. The zero-order valence-corrected chi connectivity index (χ0v) is 19.7. The smallest absolute Gasteiger partial charge is 0.338 e. The number of hydrogen-bond donors (Lipinski definition) is 0. The molecule has 5 rings (SSSR count). The fraction of sp³-hybridized carbons (Fsp3) is 0.208. The molecule has 1 aliphatic rings. The summed E-state index contributed by atoms with van der Waals surface area (Å²) < 4.78 is 33.7. The number of amides is 1. The standard InChI is InChI=1S/C24H21N3O5S2/c28-23(15-32-24(29)19-6-8-21-22(14-19)33-16-25-21)26-9-11-27(12-10-26)34(30,31)20-7-5-17-3-1-2-4-18(17)13-20/h1-8,13-14,16H,9-12,15H2. The Morgan fingerprint density at radius 1 is 0.941 bits per heavy atom. The monoisotopic (exact) mass is 495 g/mol. The minimum absolute atomic E-state index is 0.177. The number of aromatic nitrogens is 1. The lowest BCUT2D eigenvalue weighted by Crippen LogP contribution is -2.51.